The predicted octanol–water partition coefficient (Wildman–Crippen LogP) is 4.79. The van der Waals surface area contributed by atoms with Crippen LogP contribution in [0.5, 0.6) is 0 Å². The first kappa shape index (κ1) is 20.6. The molecular weight excluding hydrogens is 495 g/mol. The number of nitrogens with one attached hydrogen (secondary N) is 1. The molecule has 0 spiro atoms. The molecule has 30 heavy (non-hydrogen) atoms. The first-order chi connectivity index (χ1) is 14.4. The van der Waals surface area contributed by atoms with E-state index in [9.17, 15) is 4.79 Å². The molecule has 0 fully saturated rings. The second kappa shape index (κ2) is 8.63. The third-order valence-electron chi connectivity index (χ3n) is 4.36. The van der Waals surface area contributed by atoms with Crippen molar-refractivity contribution in [3.63, 3.8) is 0 Å². The largest absolute Gasteiger partial charge is 0.361 e. The van der Waals surface area contributed by atoms with Gasteiger partial charge < -0.3 is 9.84 Å². The zero-order chi connectivity index (χ0) is 21.3. The average Bonchev–Trinajstić information content (AvgIpc) is 3.38. The maximum Gasteiger partial charge on any atom is 0.279 e. The van der Waals surface area contributed by atoms with Crippen LogP contribution < -0.4 is 5.32 Å². The summed E-state index contributed by atoms with van der Waals surface area (Å²) in [4.78, 5) is 12.8. The standard InChI is InChI=1S/C19H15BrCl2N6O2/c1-11-14(9-27-8-13(21)6-23-27)17(26-30-11)19(29)24-18-15(20)10-28(25-18)7-12-4-2-3-5-16(12)22/h2-6,8,10H,7,9H2,1H3,(H,24,25,29). The summed E-state index contributed by atoms with van der Waals surface area (Å²) in [5, 5.41) is 16.4. The molecule has 4 aromatic rings. The Kier molecular flexibility index (Phi) is 5.94. The number of carbonyl (C=O) groups is 1. The Morgan fingerprint density at radius 1 is 1.20 bits per heavy atom. The smallest absolute Gasteiger partial charge is 0.279 e. The minimum absolute atomic E-state index is 0.159. The van der Waals surface area contributed by atoms with Gasteiger partial charge in [0.1, 0.15) is 5.76 Å². The minimum atomic E-state index is -0.441. The molecule has 0 aliphatic rings. The zero-order valence-corrected chi connectivity index (χ0v) is 18.7. The number of rotatable bonds is 6. The Balaban J connectivity index is 1.52. The summed E-state index contributed by atoms with van der Waals surface area (Å²) in [5.74, 6) is 0.444. The van der Waals surface area contributed by atoms with Gasteiger partial charge in [-0.2, -0.15) is 10.2 Å². The van der Waals surface area contributed by atoms with Gasteiger partial charge in [-0.15, -0.1) is 0 Å². The fourth-order valence-corrected chi connectivity index (χ4v) is 3.64. The van der Waals surface area contributed by atoms with Crippen molar-refractivity contribution in [2.45, 2.75) is 20.0 Å². The molecule has 1 N–H and O–H groups in total. The highest BCUT2D eigenvalue weighted by atomic mass is 79.9. The highest BCUT2D eigenvalue weighted by Gasteiger charge is 2.22. The highest BCUT2D eigenvalue weighted by molar-refractivity contribution is 9.10. The van der Waals surface area contributed by atoms with Gasteiger partial charge in [0, 0.05) is 23.0 Å². The van der Waals surface area contributed by atoms with Gasteiger partial charge in [-0.05, 0) is 34.5 Å². The maximum absolute atomic E-state index is 12.8. The summed E-state index contributed by atoms with van der Waals surface area (Å²) in [6, 6.07) is 7.51. The molecule has 0 aliphatic carbocycles. The van der Waals surface area contributed by atoms with Crippen LogP contribution in [0.15, 0.2) is 51.9 Å². The number of nitrogens with zero attached hydrogens (tertiary/aromatic N) is 5. The lowest BCUT2D eigenvalue weighted by Crippen LogP contribution is -2.17. The lowest BCUT2D eigenvalue weighted by Gasteiger charge is -2.05. The van der Waals surface area contributed by atoms with Crippen LogP contribution in [-0.2, 0) is 13.1 Å². The topological polar surface area (TPSA) is 90.8 Å². The Labute approximate surface area is 189 Å². The van der Waals surface area contributed by atoms with E-state index in [0.717, 1.165) is 5.56 Å². The molecule has 11 heteroatoms. The first-order valence-electron chi connectivity index (χ1n) is 8.81. The quantitative estimate of drug-likeness (QED) is 0.403. The fourth-order valence-electron chi connectivity index (χ4n) is 2.87. The zero-order valence-electron chi connectivity index (χ0n) is 15.6. The highest BCUT2D eigenvalue weighted by Crippen LogP contribution is 2.24. The predicted molar refractivity (Wildman–Crippen MR) is 116 cm³/mol. The fraction of sp³-hybridized carbons (Fsp3) is 0.158. The summed E-state index contributed by atoms with van der Waals surface area (Å²) in [6.07, 6.45) is 4.94. The van der Waals surface area contributed by atoms with Crippen molar-refractivity contribution in [2.75, 3.05) is 5.32 Å². The number of anilines is 1. The van der Waals surface area contributed by atoms with Crippen LogP contribution in [0, 0.1) is 6.92 Å². The van der Waals surface area contributed by atoms with Gasteiger partial charge in [-0.25, -0.2) is 0 Å². The third-order valence-corrected chi connectivity index (χ3v) is 5.50. The molecule has 0 saturated heterocycles. The van der Waals surface area contributed by atoms with Crippen molar-refractivity contribution in [1.82, 2.24) is 24.7 Å². The van der Waals surface area contributed by atoms with E-state index >= 15 is 0 Å². The van der Waals surface area contributed by atoms with Crippen molar-refractivity contribution in [3.8, 4) is 0 Å². The Hall–Kier alpha value is -2.62. The lowest BCUT2D eigenvalue weighted by atomic mass is 10.2. The van der Waals surface area contributed by atoms with E-state index in [4.69, 9.17) is 27.7 Å². The number of hydrogen-bond donors (Lipinski definition) is 1. The molecule has 0 saturated carbocycles. The average molecular weight is 510 g/mol. The van der Waals surface area contributed by atoms with Crippen molar-refractivity contribution in [2.24, 2.45) is 0 Å². The summed E-state index contributed by atoms with van der Waals surface area (Å²) in [6.45, 7) is 2.49. The molecule has 0 radical (unpaired) electrons. The van der Waals surface area contributed by atoms with Crippen LogP contribution in [0.25, 0.3) is 0 Å². The Morgan fingerprint density at radius 2 is 2.00 bits per heavy atom. The number of amides is 1. The number of aromatic nitrogens is 5. The van der Waals surface area contributed by atoms with E-state index in [1.807, 2.05) is 24.3 Å². The summed E-state index contributed by atoms with van der Waals surface area (Å²) in [7, 11) is 0. The second-order valence-corrected chi connectivity index (χ2v) is 8.19. The van der Waals surface area contributed by atoms with Gasteiger partial charge in [-0.3, -0.25) is 14.2 Å². The van der Waals surface area contributed by atoms with E-state index in [0.29, 0.717) is 44.7 Å². The number of halogens is 3. The van der Waals surface area contributed by atoms with Gasteiger partial charge in [-0.1, -0.05) is 46.6 Å². The summed E-state index contributed by atoms with van der Waals surface area (Å²) < 4.78 is 9.14. The Morgan fingerprint density at radius 3 is 2.73 bits per heavy atom. The van der Waals surface area contributed by atoms with Crippen LogP contribution in [0.1, 0.15) is 27.4 Å². The molecule has 0 unspecified atom stereocenters. The molecule has 1 aromatic carbocycles. The maximum atomic E-state index is 12.8. The molecule has 0 bridgehead atoms. The van der Waals surface area contributed by atoms with E-state index in [-0.39, 0.29) is 5.69 Å². The molecule has 3 heterocycles. The molecule has 1 amide bonds. The van der Waals surface area contributed by atoms with Gasteiger partial charge in [0.15, 0.2) is 11.5 Å². The second-order valence-electron chi connectivity index (χ2n) is 6.49. The van der Waals surface area contributed by atoms with Gasteiger partial charge >= 0.3 is 0 Å². The summed E-state index contributed by atoms with van der Waals surface area (Å²) in [5.41, 5.74) is 1.69. The monoisotopic (exact) mass is 508 g/mol. The number of benzene rings is 1. The van der Waals surface area contributed by atoms with Crippen LogP contribution >= 0.6 is 39.1 Å². The molecule has 8 nitrogen and oxygen atoms in total. The SMILES string of the molecule is Cc1onc(C(=O)Nc2nn(Cc3ccccc3Cl)cc2Br)c1Cn1cc(Cl)cn1. The van der Waals surface area contributed by atoms with Crippen molar-refractivity contribution < 1.29 is 9.32 Å². The molecular formula is C19H15BrCl2N6O2. The van der Waals surface area contributed by atoms with Crippen LogP contribution in [0.3, 0.4) is 0 Å². The van der Waals surface area contributed by atoms with Gasteiger partial charge in [0.25, 0.3) is 5.91 Å². The van der Waals surface area contributed by atoms with Crippen LogP contribution in [0.2, 0.25) is 10.0 Å². The Bertz CT molecular complexity index is 1220. The number of hydrogen-bond acceptors (Lipinski definition) is 5. The number of aryl methyl sites for hydroxylation is 1. The van der Waals surface area contributed by atoms with Gasteiger partial charge in [0.05, 0.1) is 28.8 Å². The van der Waals surface area contributed by atoms with E-state index in [1.54, 1.807) is 28.7 Å². The van der Waals surface area contributed by atoms with E-state index in [1.165, 1.54) is 6.20 Å². The molecule has 0 aliphatic heterocycles. The van der Waals surface area contributed by atoms with Crippen molar-refractivity contribution in [3.05, 3.63) is 80.0 Å². The molecule has 0 atom stereocenters. The molecule has 3 aromatic heterocycles. The van der Waals surface area contributed by atoms with Crippen molar-refractivity contribution >= 4 is 50.9 Å². The summed E-state index contributed by atoms with van der Waals surface area (Å²) >= 11 is 15.6. The normalized spacial score (nSPS) is 11.1. The van der Waals surface area contributed by atoms with Gasteiger partial charge in [0.2, 0.25) is 0 Å². The van der Waals surface area contributed by atoms with Crippen LogP contribution in [0.4, 0.5) is 5.82 Å². The van der Waals surface area contributed by atoms with Crippen molar-refractivity contribution in [1.29, 1.82) is 0 Å². The lowest BCUT2D eigenvalue weighted by molar-refractivity contribution is 0.101. The minimum Gasteiger partial charge on any atom is -0.361 e. The number of carbonyl (C=O) groups excluding carboxylic acids is 1. The first-order valence-corrected chi connectivity index (χ1v) is 10.4. The third kappa shape index (κ3) is 4.43. The van der Waals surface area contributed by atoms with E-state index < -0.39 is 5.91 Å². The van der Waals surface area contributed by atoms with E-state index in [2.05, 4.69) is 36.6 Å². The van der Waals surface area contributed by atoms with Crippen LogP contribution in [-0.4, -0.2) is 30.6 Å². The molecule has 154 valence electrons. The molecule has 4 rings (SSSR count).